The van der Waals surface area contributed by atoms with Gasteiger partial charge < -0.3 is 5.32 Å². The first-order chi connectivity index (χ1) is 10.4. The van der Waals surface area contributed by atoms with Gasteiger partial charge in [0, 0.05) is 17.8 Å². The zero-order valence-corrected chi connectivity index (χ0v) is 12.8. The van der Waals surface area contributed by atoms with Crippen molar-refractivity contribution < 1.29 is 4.79 Å². The fraction of sp³-hybridized carbons (Fsp3) is 0.429. The summed E-state index contributed by atoms with van der Waals surface area (Å²) in [5.41, 5.74) is -0.685. The first-order valence-corrected chi connectivity index (χ1v) is 7.06. The summed E-state index contributed by atoms with van der Waals surface area (Å²) in [7, 11) is 0. The molecule has 0 radical (unpaired) electrons. The maximum Gasteiger partial charge on any atom is 0.328 e. The third kappa shape index (κ3) is 3.33. The average Bonchev–Trinajstić information content (AvgIpc) is 2.92. The predicted molar refractivity (Wildman–Crippen MR) is 81.9 cm³/mol. The third-order valence-electron chi connectivity index (χ3n) is 3.45. The highest BCUT2D eigenvalue weighted by molar-refractivity contribution is 5.89. The lowest BCUT2D eigenvalue weighted by molar-refractivity contribution is -0.116. The van der Waals surface area contributed by atoms with Crippen LogP contribution in [0.3, 0.4) is 0 Å². The zero-order valence-electron chi connectivity index (χ0n) is 12.8. The number of hydrogen-bond acceptors (Lipinski definition) is 4. The van der Waals surface area contributed by atoms with Crippen LogP contribution in [0.2, 0.25) is 0 Å². The Labute approximate surface area is 126 Å². The van der Waals surface area contributed by atoms with Crippen molar-refractivity contribution in [1.29, 1.82) is 0 Å². The molecular formula is C14H19N5O3. The van der Waals surface area contributed by atoms with Gasteiger partial charge in [0.25, 0.3) is 5.56 Å². The van der Waals surface area contributed by atoms with Crippen LogP contribution < -0.4 is 16.6 Å². The highest BCUT2D eigenvalue weighted by atomic mass is 16.2. The molecule has 2 N–H and O–H groups in total. The Morgan fingerprint density at radius 3 is 2.86 bits per heavy atom. The first kappa shape index (κ1) is 15.7. The number of aromatic nitrogens is 4. The predicted octanol–water partition coefficient (Wildman–Crippen LogP) is 0.651. The molecule has 2 aromatic rings. The van der Waals surface area contributed by atoms with Crippen LogP contribution in [0.5, 0.6) is 0 Å². The van der Waals surface area contributed by atoms with Gasteiger partial charge in [0.05, 0.1) is 12.2 Å². The molecule has 8 heteroatoms. The fourth-order valence-corrected chi connectivity index (χ4v) is 2.01. The smallest absolute Gasteiger partial charge is 0.309 e. The van der Waals surface area contributed by atoms with Gasteiger partial charge in [-0.2, -0.15) is 5.10 Å². The molecule has 2 aromatic heterocycles. The molecule has 2 rings (SSSR count). The Kier molecular flexibility index (Phi) is 4.59. The molecule has 2 heterocycles. The van der Waals surface area contributed by atoms with Gasteiger partial charge in [-0.3, -0.25) is 19.1 Å². The van der Waals surface area contributed by atoms with Crippen LogP contribution in [0, 0.1) is 6.92 Å². The van der Waals surface area contributed by atoms with E-state index in [4.69, 9.17) is 0 Å². The molecule has 0 saturated heterocycles. The number of nitrogens with one attached hydrogen (secondary N) is 2. The Morgan fingerprint density at radius 2 is 2.18 bits per heavy atom. The molecule has 0 aliphatic heterocycles. The minimum atomic E-state index is -0.610. The molecule has 0 aromatic carbocycles. The number of hydrogen-bond donors (Lipinski definition) is 2. The Hall–Kier alpha value is -2.64. The maximum absolute atomic E-state index is 12.1. The van der Waals surface area contributed by atoms with E-state index in [0.717, 1.165) is 11.0 Å². The number of H-pyrrole nitrogens is 1. The van der Waals surface area contributed by atoms with Gasteiger partial charge in [-0.05, 0) is 20.3 Å². The van der Waals surface area contributed by atoms with Gasteiger partial charge in [-0.15, -0.1) is 0 Å². The minimum Gasteiger partial charge on any atom is -0.309 e. The normalized spacial score (nSPS) is 12.1. The lowest BCUT2D eigenvalue weighted by Gasteiger charge is -2.14. The Bertz CT molecular complexity index is 786. The summed E-state index contributed by atoms with van der Waals surface area (Å²) in [6.45, 7) is 5.42. The highest BCUT2D eigenvalue weighted by Crippen LogP contribution is 2.16. The van der Waals surface area contributed by atoms with Crippen molar-refractivity contribution >= 4 is 11.7 Å². The van der Waals surface area contributed by atoms with Gasteiger partial charge in [0.2, 0.25) is 5.91 Å². The van der Waals surface area contributed by atoms with Crippen LogP contribution in [0.4, 0.5) is 5.82 Å². The molecule has 22 heavy (non-hydrogen) atoms. The summed E-state index contributed by atoms with van der Waals surface area (Å²) >= 11 is 0. The van der Waals surface area contributed by atoms with Crippen molar-refractivity contribution in [2.45, 2.75) is 39.8 Å². The van der Waals surface area contributed by atoms with Crippen LogP contribution in [0.15, 0.2) is 28.0 Å². The van der Waals surface area contributed by atoms with Crippen LogP contribution in [-0.2, 0) is 11.3 Å². The number of amides is 1. The number of anilines is 1. The van der Waals surface area contributed by atoms with E-state index >= 15 is 0 Å². The second-order valence-electron chi connectivity index (χ2n) is 5.17. The van der Waals surface area contributed by atoms with E-state index < -0.39 is 11.2 Å². The topological polar surface area (TPSA) is 102 Å². The van der Waals surface area contributed by atoms with Gasteiger partial charge in [-0.25, -0.2) is 9.48 Å². The lowest BCUT2D eigenvalue weighted by atomic mass is 10.3. The average molecular weight is 305 g/mol. The summed E-state index contributed by atoms with van der Waals surface area (Å²) in [4.78, 5) is 37.2. The van der Waals surface area contributed by atoms with Crippen molar-refractivity contribution in [1.82, 2.24) is 19.3 Å². The summed E-state index contributed by atoms with van der Waals surface area (Å²) < 4.78 is 2.88. The number of carbonyl (C=O) groups excluding carboxylic acids is 1. The zero-order chi connectivity index (χ0) is 16.3. The van der Waals surface area contributed by atoms with E-state index in [0.29, 0.717) is 11.4 Å². The minimum absolute atomic E-state index is 0.156. The summed E-state index contributed by atoms with van der Waals surface area (Å²) in [5, 5.41) is 6.90. The second kappa shape index (κ2) is 6.42. The summed E-state index contributed by atoms with van der Waals surface area (Å²) in [5.74, 6) is 0.215. The second-order valence-corrected chi connectivity index (χ2v) is 5.17. The maximum atomic E-state index is 12.1. The number of nitrogens with zero attached hydrogens (tertiary/aromatic N) is 3. The van der Waals surface area contributed by atoms with Crippen LogP contribution >= 0.6 is 0 Å². The van der Waals surface area contributed by atoms with E-state index in [1.807, 2.05) is 13.8 Å². The van der Waals surface area contributed by atoms with Crippen LogP contribution in [-0.4, -0.2) is 25.2 Å². The SMILES string of the molecule is CC[C@H](C)n1nccc1NC(=O)Cn1cc(C)c(=O)[nH]c1=O. The number of rotatable bonds is 5. The standard InChI is InChI=1S/C14H19N5O3/c1-4-10(3)19-11(5-6-15-19)16-12(20)8-18-7-9(2)13(21)17-14(18)22/h5-7,10H,4,8H2,1-3H3,(H,16,20)(H,17,21,22)/t10-/m0/s1. The molecule has 0 spiro atoms. The van der Waals surface area contributed by atoms with Gasteiger partial charge >= 0.3 is 5.69 Å². The molecule has 0 fully saturated rings. The Morgan fingerprint density at radius 1 is 1.45 bits per heavy atom. The summed E-state index contributed by atoms with van der Waals surface area (Å²) in [6, 6.07) is 1.86. The number of aromatic amines is 1. The van der Waals surface area contributed by atoms with Crippen LogP contribution in [0.25, 0.3) is 0 Å². The molecule has 0 aliphatic carbocycles. The van der Waals surface area contributed by atoms with Gasteiger partial charge in [-0.1, -0.05) is 6.92 Å². The lowest BCUT2D eigenvalue weighted by Crippen LogP contribution is -2.34. The highest BCUT2D eigenvalue weighted by Gasteiger charge is 2.12. The largest absolute Gasteiger partial charge is 0.328 e. The molecule has 0 bridgehead atoms. The van der Waals surface area contributed by atoms with Crippen molar-refractivity contribution in [2.75, 3.05) is 5.32 Å². The van der Waals surface area contributed by atoms with Crippen molar-refractivity contribution in [3.8, 4) is 0 Å². The number of aryl methyl sites for hydroxylation is 1. The van der Waals surface area contributed by atoms with E-state index in [1.54, 1.807) is 23.9 Å². The third-order valence-corrected chi connectivity index (χ3v) is 3.45. The summed E-state index contributed by atoms with van der Waals surface area (Å²) in [6.07, 6.45) is 3.86. The quantitative estimate of drug-likeness (QED) is 0.846. The van der Waals surface area contributed by atoms with E-state index in [2.05, 4.69) is 15.4 Å². The van der Waals surface area contributed by atoms with Crippen molar-refractivity contribution in [3.63, 3.8) is 0 Å². The first-order valence-electron chi connectivity index (χ1n) is 7.06. The molecule has 0 aliphatic rings. The molecule has 0 saturated carbocycles. The van der Waals surface area contributed by atoms with E-state index in [-0.39, 0.29) is 18.5 Å². The van der Waals surface area contributed by atoms with Gasteiger partial charge in [0.15, 0.2) is 0 Å². The van der Waals surface area contributed by atoms with Crippen molar-refractivity contribution in [2.24, 2.45) is 0 Å². The molecule has 1 amide bonds. The molecule has 118 valence electrons. The number of carbonyl (C=O) groups is 1. The fourth-order valence-electron chi connectivity index (χ4n) is 2.01. The van der Waals surface area contributed by atoms with Gasteiger partial charge in [0.1, 0.15) is 12.4 Å². The van der Waals surface area contributed by atoms with E-state index in [9.17, 15) is 14.4 Å². The molecule has 8 nitrogen and oxygen atoms in total. The molecular weight excluding hydrogens is 286 g/mol. The Balaban J connectivity index is 2.15. The van der Waals surface area contributed by atoms with E-state index in [1.165, 1.54) is 6.20 Å². The molecule has 0 unspecified atom stereocenters. The monoisotopic (exact) mass is 305 g/mol. The molecule has 1 atom stereocenters. The van der Waals surface area contributed by atoms with Crippen molar-refractivity contribution in [3.05, 3.63) is 44.9 Å². The van der Waals surface area contributed by atoms with Crippen LogP contribution in [0.1, 0.15) is 31.9 Å².